The number of hydrogen-bond donors (Lipinski definition) is 3. The molecule has 0 aliphatic carbocycles. The number of hydrogen-bond acceptors (Lipinski definition) is 5. The molecule has 0 spiro atoms. The van der Waals surface area contributed by atoms with Gasteiger partial charge in [-0.3, -0.25) is 0 Å². The summed E-state index contributed by atoms with van der Waals surface area (Å²) in [4.78, 5) is 8.91. The molecule has 5 heteroatoms. The van der Waals surface area contributed by atoms with Gasteiger partial charge >= 0.3 is 0 Å². The first-order chi connectivity index (χ1) is 9.65. The summed E-state index contributed by atoms with van der Waals surface area (Å²) in [5, 5.41) is 3.43. The molecule has 20 heavy (non-hydrogen) atoms. The minimum absolute atomic E-state index is 0.167. The molecule has 4 N–H and O–H groups in total. The first-order valence-corrected chi connectivity index (χ1v) is 6.81. The van der Waals surface area contributed by atoms with E-state index < -0.39 is 0 Å². The van der Waals surface area contributed by atoms with Gasteiger partial charge in [0.2, 0.25) is 0 Å². The van der Waals surface area contributed by atoms with Crippen LogP contribution in [0.5, 0.6) is 0 Å². The third-order valence-electron chi connectivity index (χ3n) is 3.30. The highest BCUT2D eigenvalue weighted by atomic mass is 15.3. The highest BCUT2D eigenvalue weighted by molar-refractivity contribution is 5.57. The molecule has 2 aromatic rings. The second-order valence-electron chi connectivity index (χ2n) is 4.74. The van der Waals surface area contributed by atoms with E-state index >= 15 is 0 Å². The van der Waals surface area contributed by atoms with Gasteiger partial charge in [-0.15, -0.1) is 0 Å². The van der Waals surface area contributed by atoms with Crippen LogP contribution in [0.25, 0.3) is 0 Å². The molecule has 0 saturated heterocycles. The van der Waals surface area contributed by atoms with Crippen LogP contribution < -0.4 is 16.6 Å². The zero-order valence-corrected chi connectivity index (χ0v) is 12.1. The van der Waals surface area contributed by atoms with Crippen molar-refractivity contribution in [3.63, 3.8) is 0 Å². The molecule has 2 rings (SSSR count). The van der Waals surface area contributed by atoms with Gasteiger partial charge in [-0.05, 0) is 19.4 Å². The molecule has 0 fully saturated rings. The third-order valence-corrected chi connectivity index (χ3v) is 3.30. The van der Waals surface area contributed by atoms with E-state index in [1.165, 1.54) is 5.56 Å². The standard InChI is InChI=1S/C15H21N5/c1-4-13-18-14(10(2)15(19-13)20-16)17-11(3)12-8-6-5-7-9-12/h5-9,11H,4,16H2,1-3H3,(H2,17,18,19,20). The maximum atomic E-state index is 5.52. The molecule has 0 saturated carbocycles. The first-order valence-electron chi connectivity index (χ1n) is 6.81. The quantitative estimate of drug-likeness (QED) is 0.576. The molecule has 106 valence electrons. The number of rotatable bonds is 5. The number of hydrazine groups is 1. The smallest absolute Gasteiger partial charge is 0.148 e. The van der Waals surface area contributed by atoms with E-state index in [1.807, 2.05) is 32.0 Å². The second-order valence-corrected chi connectivity index (χ2v) is 4.74. The summed E-state index contributed by atoms with van der Waals surface area (Å²) in [7, 11) is 0. The number of nitrogens with two attached hydrogens (primary N) is 1. The lowest BCUT2D eigenvalue weighted by molar-refractivity contribution is 0.851. The Kier molecular flexibility index (Phi) is 4.53. The van der Waals surface area contributed by atoms with E-state index in [9.17, 15) is 0 Å². The largest absolute Gasteiger partial charge is 0.363 e. The molecule has 0 amide bonds. The van der Waals surface area contributed by atoms with Crippen LogP contribution in [0.4, 0.5) is 11.6 Å². The second kappa shape index (κ2) is 6.34. The summed E-state index contributed by atoms with van der Waals surface area (Å²) in [6, 6.07) is 10.4. The zero-order chi connectivity index (χ0) is 14.5. The number of aryl methyl sites for hydroxylation is 1. The average molecular weight is 271 g/mol. The van der Waals surface area contributed by atoms with E-state index in [1.54, 1.807) is 0 Å². The lowest BCUT2D eigenvalue weighted by atomic mass is 10.1. The van der Waals surface area contributed by atoms with Crippen molar-refractivity contribution in [3.05, 3.63) is 47.3 Å². The molecule has 1 unspecified atom stereocenters. The zero-order valence-electron chi connectivity index (χ0n) is 12.1. The summed E-state index contributed by atoms with van der Waals surface area (Å²) >= 11 is 0. The van der Waals surface area contributed by atoms with Gasteiger partial charge in [-0.1, -0.05) is 37.3 Å². The van der Waals surface area contributed by atoms with Gasteiger partial charge in [0.05, 0.1) is 0 Å². The van der Waals surface area contributed by atoms with Crippen molar-refractivity contribution in [2.45, 2.75) is 33.2 Å². The first kappa shape index (κ1) is 14.3. The number of anilines is 2. The minimum Gasteiger partial charge on any atom is -0.363 e. The van der Waals surface area contributed by atoms with Crippen molar-refractivity contribution >= 4 is 11.6 Å². The number of benzene rings is 1. The Morgan fingerprint density at radius 1 is 1.15 bits per heavy atom. The van der Waals surface area contributed by atoms with Gasteiger partial charge in [-0.25, -0.2) is 15.8 Å². The summed E-state index contributed by atoms with van der Waals surface area (Å²) < 4.78 is 0. The van der Waals surface area contributed by atoms with E-state index in [-0.39, 0.29) is 6.04 Å². The highest BCUT2D eigenvalue weighted by Gasteiger charge is 2.12. The maximum Gasteiger partial charge on any atom is 0.148 e. The van der Waals surface area contributed by atoms with Gasteiger partial charge in [0.15, 0.2) is 0 Å². The Morgan fingerprint density at radius 3 is 2.40 bits per heavy atom. The monoisotopic (exact) mass is 271 g/mol. The SMILES string of the molecule is CCc1nc(NN)c(C)c(NC(C)c2ccccc2)n1. The van der Waals surface area contributed by atoms with Crippen LogP contribution in [-0.2, 0) is 6.42 Å². The molecule has 0 aliphatic rings. The van der Waals surface area contributed by atoms with Gasteiger partial charge in [0.1, 0.15) is 17.5 Å². The van der Waals surface area contributed by atoms with Crippen molar-refractivity contribution in [2.24, 2.45) is 5.84 Å². The third kappa shape index (κ3) is 3.05. The van der Waals surface area contributed by atoms with Gasteiger partial charge in [0.25, 0.3) is 0 Å². The van der Waals surface area contributed by atoms with E-state index in [0.717, 1.165) is 23.6 Å². The molecule has 1 atom stereocenters. The summed E-state index contributed by atoms with van der Waals surface area (Å²) in [5.74, 6) is 7.77. The fourth-order valence-electron chi connectivity index (χ4n) is 2.03. The van der Waals surface area contributed by atoms with E-state index in [2.05, 4.69) is 39.8 Å². The van der Waals surface area contributed by atoms with Crippen LogP contribution in [0.3, 0.4) is 0 Å². The Hall–Kier alpha value is -2.14. The summed E-state index contributed by atoms with van der Waals surface area (Å²) in [6.07, 6.45) is 0.767. The molecule has 5 nitrogen and oxygen atoms in total. The predicted octanol–water partition coefficient (Wildman–Crippen LogP) is 2.81. The number of nitrogens with one attached hydrogen (secondary N) is 2. The average Bonchev–Trinajstić information content (AvgIpc) is 2.50. The fraction of sp³-hybridized carbons (Fsp3) is 0.333. The number of aromatic nitrogens is 2. The summed E-state index contributed by atoms with van der Waals surface area (Å²) in [6.45, 7) is 6.09. The van der Waals surface area contributed by atoms with Crippen LogP contribution >= 0.6 is 0 Å². The van der Waals surface area contributed by atoms with Crippen LogP contribution in [0, 0.1) is 6.92 Å². The lowest BCUT2D eigenvalue weighted by Gasteiger charge is -2.18. The van der Waals surface area contributed by atoms with Gasteiger partial charge in [-0.2, -0.15) is 0 Å². The Morgan fingerprint density at radius 2 is 1.80 bits per heavy atom. The van der Waals surface area contributed by atoms with Crippen molar-refractivity contribution in [1.29, 1.82) is 0 Å². The highest BCUT2D eigenvalue weighted by Crippen LogP contribution is 2.24. The van der Waals surface area contributed by atoms with Crippen molar-refractivity contribution in [2.75, 3.05) is 10.7 Å². The molecule has 0 aliphatic heterocycles. The summed E-state index contributed by atoms with van der Waals surface area (Å²) in [5.41, 5.74) is 4.77. The number of nitrogen functional groups attached to an aromatic ring is 1. The maximum absolute atomic E-state index is 5.52. The number of nitrogens with zero attached hydrogens (tertiary/aromatic N) is 2. The molecular formula is C15H21N5. The lowest BCUT2D eigenvalue weighted by Crippen LogP contribution is -2.16. The fourth-order valence-corrected chi connectivity index (χ4v) is 2.03. The minimum atomic E-state index is 0.167. The van der Waals surface area contributed by atoms with E-state index in [4.69, 9.17) is 5.84 Å². The molecule has 1 aromatic heterocycles. The Balaban J connectivity index is 2.28. The molecule has 1 heterocycles. The van der Waals surface area contributed by atoms with Crippen molar-refractivity contribution < 1.29 is 0 Å². The molecule has 1 aromatic carbocycles. The van der Waals surface area contributed by atoms with E-state index in [0.29, 0.717) is 5.82 Å². The normalized spacial score (nSPS) is 12.0. The van der Waals surface area contributed by atoms with Gasteiger partial charge < -0.3 is 10.7 Å². The van der Waals surface area contributed by atoms with Crippen LogP contribution in [0.2, 0.25) is 0 Å². The topological polar surface area (TPSA) is 75.9 Å². The van der Waals surface area contributed by atoms with Crippen LogP contribution in [0.1, 0.15) is 36.8 Å². The molecular weight excluding hydrogens is 250 g/mol. The van der Waals surface area contributed by atoms with Crippen molar-refractivity contribution in [1.82, 2.24) is 9.97 Å². The Bertz CT molecular complexity index is 568. The van der Waals surface area contributed by atoms with Crippen molar-refractivity contribution in [3.8, 4) is 0 Å². The molecule has 0 radical (unpaired) electrons. The Labute approximate surface area is 119 Å². The van der Waals surface area contributed by atoms with Crippen LogP contribution in [-0.4, -0.2) is 9.97 Å². The predicted molar refractivity (Wildman–Crippen MR) is 82.4 cm³/mol. The van der Waals surface area contributed by atoms with Crippen LogP contribution in [0.15, 0.2) is 30.3 Å². The van der Waals surface area contributed by atoms with Gasteiger partial charge in [0, 0.05) is 18.0 Å². The molecule has 0 bridgehead atoms.